The van der Waals surface area contributed by atoms with E-state index >= 15 is 0 Å². The monoisotopic (exact) mass is 272 g/mol. The summed E-state index contributed by atoms with van der Waals surface area (Å²) >= 11 is 0. The molecule has 19 heavy (non-hydrogen) atoms. The van der Waals surface area contributed by atoms with Crippen molar-refractivity contribution in [2.24, 2.45) is 5.41 Å². The molecule has 0 spiro atoms. The third kappa shape index (κ3) is 4.09. The van der Waals surface area contributed by atoms with Crippen molar-refractivity contribution >= 4 is 12.0 Å². The fourth-order valence-corrected chi connectivity index (χ4v) is 2.04. The molecule has 2 amide bonds. The molecule has 110 valence electrons. The average Bonchev–Trinajstić information content (AvgIpc) is 2.26. The second-order valence-corrected chi connectivity index (χ2v) is 6.23. The number of morpholine rings is 1. The van der Waals surface area contributed by atoms with Crippen molar-refractivity contribution in [1.82, 2.24) is 10.2 Å². The van der Waals surface area contributed by atoms with Gasteiger partial charge in [-0.2, -0.15) is 0 Å². The number of carboxylic acids is 1. The highest BCUT2D eigenvalue weighted by atomic mass is 16.5. The standard InChI is InChI=1S/C13H24N2O4/c1-8-7-19-9(2)6-15(8)12(18)14-10(11(16)17)13(3,4)5/h8-10H,6-7H2,1-5H3,(H,14,18)(H,16,17)/t8?,9?,10-/m1/s1. The van der Waals surface area contributed by atoms with E-state index < -0.39 is 17.4 Å². The number of carbonyl (C=O) groups excluding carboxylic acids is 1. The van der Waals surface area contributed by atoms with Crippen molar-refractivity contribution in [3.05, 3.63) is 0 Å². The van der Waals surface area contributed by atoms with Gasteiger partial charge in [0.1, 0.15) is 6.04 Å². The van der Waals surface area contributed by atoms with Crippen LogP contribution in [0.4, 0.5) is 4.79 Å². The fraction of sp³-hybridized carbons (Fsp3) is 0.846. The van der Waals surface area contributed by atoms with Crippen molar-refractivity contribution in [2.45, 2.75) is 52.8 Å². The number of urea groups is 1. The summed E-state index contributed by atoms with van der Waals surface area (Å²) in [5, 5.41) is 11.8. The lowest BCUT2D eigenvalue weighted by Gasteiger charge is -2.38. The number of carbonyl (C=O) groups is 2. The highest BCUT2D eigenvalue weighted by Gasteiger charge is 2.35. The van der Waals surface area contributed by atoms with Crippen LogP contribution in [0.25, 0.3) is 0 Å². The third-order valence-corrected chi connectivity index (χ3v) is 3.25. The first-order chi connectivity index (χ1) is 8.62. The van der Waals surface area contributed by atoms with Crippen molar-refractivity contribution < 1.29 is 19.4 Å². The molecule has 1 saturated heterocycles. The van der Waals surface area contributed by atoms with Crippen LogP contribution in [0.5, 0.6) is 0 Å². The lowest BCUT2D eigenvalue weighted by Crippen LogP contribution is -2.58. The largest absolute Gasteiger partial charge is 0.480 e. The maximum absolute atomic E-state index is 12.2. The van der Waals surface area contributed by atoms with Crippen molar-refractivity contribution in [3.63, 3.8) is 0 Å². The highest BCUT2D eigenvalue weighted by Crippen LogP contribution is 2.20. The first-order valence-corrected chi connectivity index (χ1v) is 6.54. The summed E-state index contributed by atoms with van der Waals surface area (Å²) in [6.07, 6.45) is -0.0279. The van der Waals surface area contributed by atoms with E-state index in [1.165, 1.54) is 0 Å². The number of hydrogen-bond donors (Lipinski definition) is 2. The Kier molecular flexibility index (Phi) is 4.79. The van der Waals surface area contributed by atoms with Gasteiger partial charge in [0.2, 0.25) is 0 Å². The molecule has 0 aromatic carbocycles. The number of nitrogens with one attached hydrogen (secondary N) is 1. The van der Waals surface area contributed by atoms with Crippen LogP contribution in [0.3, 0.4) is 0 Å². The summed E-state index contributed by atoms with van der Waals surface area (Å²) in [5.74, 6) is -1.02. The lowest BCUT2D eigenvalue weighted by molar-refractivity contribution is -0.142. The molecule has 1 rings (SSSR count). The fourth-order valence-electron chi connectivity index (χ4n) is 2.04. The van der Waals surface area contributed by atoms with E-state index in [0.29, 0.717) is 13.2 Å². The molecular weight excluding hydrogens is 248 g/mol. The number of carboxylic acid groups (broad SMARTS) is 1. The zero-order valence-electron chi connectivity index (χ0n) is 12.3. The Labute approximate surface area is 114 Å². The van der Waals surface area contributed by atoms with Crippen molar-refractivity contribution in [1.29, 1.82) is 0 Å². The first-order valence-electron chi connectivity index (χ1n) is 6.54. The molecule has 0 radical (unpaired) electrons. The van der Waals surface area contributed by atoms with Gasteiger partial charge in [-0.1, -0.05) is 20.8 Å². The Hall–Kier alpha value is -1.30. The maximum atomic E-state index is 12.2. The molecule has 6 nitrogen and oxygen atoms in total. The number of amides is 2. The number of aliphatic carboxylic acids is 1. The number of hydrogen-bond acceptors (Lipinski definition) is 3. The molecule has 0 saturated carbocycles. The predicted octanol–water partition coefficient (Wildman–Crippen LogP) is 1.30. The molecule has 0 aliphatic carbocycles. The Morgan fingerprint density at radius 3 is 2.42 bits per heavy atom. The summed E-state index contributed by atoms with van der Waals surface area (Å²) in [4.78, 5) is 25.1. The predicted molar refractivity (Wildman–Crippen MR) is 71.0 cm³/mol. The number of rotatable bonds is 2. The molecule has 1 fully saturated rings. The molecule has 1 aliphatic rings. The molecule has 2 unspecified atom stereocenters. The van der Waals surface area contributed by atoms with Crippen LogP contribution in [-0.4, -0.2) is 53.3 Å². The molecule has 0 aromatic heterocycles. The van der Waals surface area contributed by atoms with Gasteiger partial charge in [0.15, 0.2) is 0 Å². The van der Waals surface area contributed by atoms with E-state index in [2.05, 4.69) is 5.32 Å². The summed E-state index contributed by atoms with van der Waals surface area (Å²) in [6, 6.07) is -1.30. The lowest BCUT2D eigenvalue weighted by atomic mass is 9.87. The van der Waals surface area contributed by atoms with Crippen LogP contribution in [0.1, 0.15) is 34.6 Å². The third-order valence-electron chi connectivity index (χ3n) is 3.25. The van der Waals surface area contributed by atoms with Crippen LogP contribution >= 0.6 is 0 Å². The maximum Gasteiger partial charge on any atom is 0.326 e. The molecule has 0 bridgehead atoms. The van der Waals surface area contributed by atoms with E-state index in [0.717, 1.165) is 0 Å². The normalized spacial score (nSPS) is 25.8. The van der Waals surface area contributed by atoms with Crippen LogP contribution in [0, 0.1) is 5.41 Å². The summed E-state index contributed by atoms with van der Waals surface area (Å²) in [7, 11) is 0. The minimum atomic E-state index is -1.02. The Morgan fingerprint density at radius 2 is 1.95 bits per heavy atom. The topological polar surface area (TPSA) is 78.9 Å². The number of ether oxygens (including phenoxy) is 1. The molecular formula is C13H24N2O4. The van der Waals surface area contributed by atoms with E-state index in [1.54, 1.807) is 25.7 Å². The Balaban J connectivity index is 2.74. The first kappa shape index (κ1) is 15.8. The zero-order chi connectivity index (χ0) is 14.8. The van der Waals surface area contributed by atoms with Gasteiger partial charge in [0, 0.05) is 6.54 Å². The van der Waals surface area contributed by atoms with Crippen molar-refractivity contribution in [2.75, 3.05) is 13.2 Å². The molecule has 1 heterocycles. The molecule has 3 atom stereocenters. The smallest absolute Gasteiger partial charge is 0.326 e. The van der Waals surface area contributed by atoms with Gasteiger partial charge >= 0.3 is 12.0 Å². The van der Waals surface area contributed by atoms with Gasteiger partial charge in [0.25, 0.3) is 0 Å². The summed E-state index contributed by atoms with van der Waals surface area (Å²) in [6.45, 7) is 10.1. The van der Waals surface area contributed by atoms with Gasteiger partial charge in [-0.05, 0) is 19.3 Å². The second-order valence-electron chi connectivity index (χ2n) is 6.23. The van der Waals surface area contributed by atoms with E-state index in [4.69, 9.17) is 4.74 Å². The van der Waals surface area contributed by atoms with Crippen molar-refractivity contribution in [3.8, 4) is 0 Å². The second kappa shape index (κ2) is 5.77. The quantitative estimate of drug-likeness (QED) is 0.794. The highest BCUT2D eigenvalue weighted by molar-refractivity contribution is 5.83. The van der Waals surface area contributed by atoms with E-state index in [1.807, 2.05) is 13.8 Å². The average molecular weight is 272 g/mol. The van der Waals surface area contributed by atoms with Gasteiger partial charge < -0.3 is 20.1 Å². The van der Waals surface area contributed by atoms with Crippen LogP contribution in [0.15, 0.2) is 0 Å². The molecule has 6 heteroatoms. The van der Waals surface area contributed by atoms with E-state index in [-0.39, 0.29) is 18.2 Å². The number of nitrogens with zero attached hydrogens (tertiary/aromatic N) is 1. The minimum absolute atomic E-state index is 0.0279. The molecule has 2 N–H and O–H groups in total. The van der Waals surface area contributed by atoms with Gasteiger partial charge in [-0.15, -0.1) is 0 Å². The Bertz CT molecular complexity index is 351. The van der Waals surface area contributed by atoms with Crippen LogP contribution in [0.2, 0.25) is 0 Å². The SMILES string of the molecule is CC1CN(C(=O)N[C@H](C(=O)O)C(C)(C)C)C(C)CO1. The summed E-state index contributed by atoms with van der Waals surface area (Å²) in [5.41, 5.74) is -0.539. The minimum Gasteiger partial charge on any atom is -0.480 e. The van der Waals surface area contributed by atoms with Crippen LogP contribution in [-0.2, 0) is 9.53 Å². The molecule has 0 aromatic rings. The molecule has 1 aliphatic heterocycles. The zero-order valence-corrected chi connectivity index (χ0v) is 12.3. The Morgan fingerprint density at radius 1 is 1.37 bits per heavy atom. The van der Waals surface area contributed by atoms with Gasteiger partial charge in [-0.3, -0.25) is 0 Å². The summed E-state index contributed by atoms with van der Waals surface area (Å²) < 4.78 is 5.45. The van der Waals surface area contributed by atoms with E-state index in [9.17, 15) is 14.7 Å². The van der Waals surface area contributed by atoms with Gasteiger partial charge in [-0.25, -0.2) is 9.59 Å². The van der Waals surface area contributed by atoms with Crippen LogP contribution < -0.4 is 5.32 Å². The van der Waals surface area contributed by atoms with Gasteiger partial charge in [0.05, 0.1) is 18.8 Å².